The molecule has 1 amide bonds. The summed E-state index contributed by atoms with van der Waals surface area (Å²) in [5, 5.41) is 5.80. The Balaban J connectivity index is 1.82. The molecule has 0 aliphatic carbocycles. The third kappa shape index (κ3) is 6.57. The van der Waals surface area contributed by atoms with Gasteiger partial charge in [-0.25, -0.2) is 0 Å². The van der Waals surface area contributed by atoms with Crippen molar-refractivity contribution in [3.05, 3.63) is 60.2 Å². The lowest BCUT2D eigenvalue weighted by molar-refractivity contribution is -0.115. The van der Waals surface area contributed by atoms with Gasteiger partial charge < -0.3 is 14.8 Å². The lowest BCUT2D eigenvalue weighted by atomic mass is 10.2. The fourth-order valence-corrected chi connectivity index (χ4v) is 2.28. The highest BCUT2D eigenvalue weighted by Crippen LogP contribution is 2.16. The summed E-state index contributed by atoms with van der Waals surface area (Å²) in [4.78, 5) is 11.9. The molecule has 0 aliphatic rings. The van der Waals surface area contributed by atoms with Crippen LogP contribution in [0.1, 0.15) is 18.9 Å². The maximum atomic E-state index is 11.9. The minimum absolute atomic E-state index is 0.233. The largest absolute Gasteiger partial charge is 0.497 e. The van der Waals surface area contributed by atoms with Crippen LogP contribution in [-0.2, 0) is 4.79 Å². The predicted molar refractivity (Wildman–Crippen MR) is 109 cm³/mol. The van der Waals surface area contributed by atoms with E-state index in [0.29, 0.717) is 6.61 Å². The van der Waals surface area contributed by atoms with E-state index in [2.05, 4.69) is 17.6 Å². The Morgan fingerprint density at radius 1 is 1.08 bits per heavy atom. The molecule has 136 valence electrons. The molecule has 0 radical (unpaired) electrons. The van der Waals surface area contributed by atoms with E-state index in [4.69, 9.17) is 21.7 Å². The van der Waals surface area contributed by atoms with Crippen LogP contribution in [0, 0.1) is 0 Å². The molecule has 0 heterocycles. The molecule has 0 aliphatic heterocycles. The Kier molecular flexibility index (Phi) is 7.64. The summed E-state index contributed by atoms with van der Waals surface area (Å²) in [6, 6.07) is 14.8. The van der Waals surface area contributed by atoms with Gasteiger partial charge in [0.15, 0.2) is 5.11 Å². The van der Waals surface area contributed by atoms with Crippen molar-refractivity contribution in [1.82, 2.24) is 5.32 Å². The Labute approximate surface area is 159 Å². The predicted octanol–water partition coefficient (Wildman–Crippen LogP) is 4.01. The molecule has 2 aromatic carbocycles. The van der Waals surface area contributed by atoms with Gasteiger partial charge in [0, 0.05) is 11.8 Å². The standard InChI is InChI=1S/C20H22N2O3S/c1-3-14-25-18-11-7-16(8-12-18)21-20(26)22-19(23)13-6-15-4-9-17(24-2)10-5-15/h4-13H,3,14H2,1-2H3,(H2,21,22,23,26). The molecule has 2 aromatic rings. The number of thiocarbonyl (C=S) groups is 1. The molecule has 6 heteroatoms. The van der Waals surface area contributed by atoms with Gasteiger partial charge in [-0.2, -0.15) is 0 Å². The van der Waals surface area contributed by atoms with E-state index in [1.807, 2.05) is 48.5 Å². The number of rotatable bonds is 7. The van der Waals surface area contributed by atoms with Crippen LogP contribution in [0.3, 0.4) is 0 Å². The molecule has 0 spiro atoms. The van der Waals surface area contributed by atoms with Crippen LogP contribution in [0.25, 0.3) is 6.08 Å². The molecular formula is C20H22N2O3S. The summed E-state index contributed by atoms with van der Waals surface area (Å²) in [7, 11) is 1.61. The molecule has 0 unspecified atom stereocenters. The number of ether oxygens (including phenoxy) is 2. The molecule has 0 aromatic heterocycles. The van der Waals surface area contributed by atoms with Crippen molar-refractivity contribution in [2.45, 2.75) is 13.3 Å². The fraction of sp³-hybridized carbons (Fsp3) is 0.200. The van der Waals surface area contributed by atoms with Crippen molar-refractivity contribution in [2.24, 2.45) is 0 Å². The van der Waals surface area contributed by atoms with E-state index in [1.165, 1.54) is 6.08 Å². The Hall–Kier alpha value is -2.86. The van der Waals surface area contributed by atoms with Gasteiger partial charge in [0.2, 0.25) is 5.91 Å². The maximum Gasteiger partial charge on any atom is 0.250 e. The van der Waals surface area contributed by atoms with Gasteiger partial charge in [-0.15, -0.1) is 0 Å². The van der Waals surface area contributed by atoms with Crippen LogP contribution >= 0.6 is 12.2 Å². The first kappa shape index (κ1) is 19.5. The quantitative estimate of drug-likeness (QED) is 0.570. The first-order valence-electron chi connectivity index (χ1n) is 8.27. The molecular weight excluding hydrogens is 348 g/mol. The van der Waals surface area contributed by atoms with E-state index in [1.54, 1.807) is 13.2 Å². The lowest BCUT2D eigenvalue weighted by Gasteiger charge is -2.09. The topological polar surface area (TPSA) is 59.6 Å². The van der Waals surface area contributed by atoms with E-state index in [0.717, 1.165) is 29.2 Å². The first-order chi connectivity index (χ1) is 12.6. The average Bonchev–Trinajstić information content (AvgIpc) is 2.66. The number of nitrogens with one attached hydrogen (secondary N) is 2. The monoisotopic (exact) mass is 370 g/mol. The van der Waals surface area contributed by atoms with Crippen molar-refractivity contribution in [1.29, 1.82) is 0 Å². The molecule has 26 heavy (non-hydrogen) atoms. The van der Waals surface area contributed by atoms with Gasteiger partial charge in [0.05, 0.1) is 13.7 Å². The summed E-state index contributed by atoms with van der Waals surface area (Å²) < 4.78 is 10.6. The van der Waals surface area contributed by atoms with Crippen molar-refractivity contribution >= 4 is 35.0 Å². The summed E-state index contributed by atoms with van der Waals surface area (Å²) in [5.74, 6) is 1.26. The highest BCUT2D eigenvalue weighted by molar-refractivity contribution is 7.80. The number of carbonyl (C=O) groups excluding carboxylic acids is 1. The minimum atomic E-state index is -0.304. The number of hydrogen-bond acceptors (Lipinski definition) is 4. The number of anilines is 1. The molecule has 0 saturated heterocycles. The highest BCUT2D eigenvalue weighted by atomic mass is 32.1. The molecule has 5 nitrogen and oxygen atoms in total. The van der Waals surface area contributed by atoms with Gasteiger partial charge in [-0.1, -0.05) is 19.1 Å². The van der Waals surface area contributed by atoms with Crippen molar-refractivity contribution in [3.8, 4) is 11.5 Å². The van der Waals surface area contributed by atoms with Gasteiger partial charge in [-0.3, -0.25) is 10.1 Å². The van der Waals surface area contributed by atoms with Crippen molar-refractivity contribution in [2.75, 3.05) is 19.0 Å². The normalized spacial score (nSPS) is 10.4. The zero-order valence-electron chi connectivity index (χ0n) is 14.8. The SMILES string of the molecule is CCCOc1ccc(NC(=S)NC(=O)C=Cc2ccc(OC)cc2)cc1. The average molecular weight is 370 g/mol. The van der Waals surface area contributed by atoms with Crippen LogP contribution < -0.4 is 20.1 Å². The number of methoxy groups -OCH3 is 1. The van der Waals surface area contributed by atoms with E-state index in [-0.39, 0.29) is 11.0 Å². The Bertz CT molecular complexity index is 756. The molecule has 0 fully saturated rings. The number of amides is 1. The number of hydrogen-bond donors (Lipinski definition) is 2. The summed E-state index contributed by atoms with van der Waals surface area (Å²) >= 11 is 5.15. The summed E-state index contributed by atoms with van der Waals surface area (Å²) in [6.07, 6.45) is 4.09. The maximum absolute atomic E-state index is 11.9. The third-order valence-corrected chi connectivity index (χ3v) is 3.57. The number of carbonyl (C=O) groups is 1. The molecule has 0 atom stereocenters. The van der Waals surface area contributed by atoms with Gasteiger partial charge in [0.25, 0.3) is 0 Å². The van der Waals surface area contributed by atoms with Gasteiger partial charge in [-0.05, 0) is 66.7 Å². The van der Waals surface area contributed by atoms with Gasteiger partial charge >= 0.3 is 0 Å². The van der Waals surface area contributed by atoms with E-state index in [9.17, 15) is 4.79 Å². The van der Waals surface area contributed by atoms with Crippen LogP contribution in [0.2, 0.25) is 0 Å². The molecule has 0 bridgehead atoms. The van der Waals surface area contributed by atoms with Crippen LogP contribution in [0.5, 0.6) is 11.5 Å². The van der Waals surface area contributed by atoms with Crippen molar-refractivity contribution in [3.63, 3.8) is 0 Å². The van der Waals surface area contributed by atoms with Crippen LogP contribution in [0.4, 0.5) is 5.69 Å². The fourth-order valence-electron chi connectivity index (χ4n) is 2.06. The smallest absolute Gasteiger partial charge is 0.250 e. The van der Waals surface area contributed by atoms with E-state index < -0.39 is 0 Å². The second kappa shape index (κ2) is 10.2. The second-order valence-electron chi connectivity index (χ2n) is 5.42. The zero-order valence-corrected chi connectivity index (χ0v) is 15.6. The third-order valence-electron chi connectivity index (χ3n) is 3.36. The summed E-state index contributed by atoms with van der Waals surface area (Å²) in [6.45, 7) is 2.74. The van der Waals surface area contributed by atoms with Crippen molar-refractivity contribution < 1.29 is 14.3 Å². The van der Waals surface area contributed by atoms with Crippen LogP contribution in [0.15, 0.2) is 54.6 Å². The summed E-state index contributed by atoms with van der Waals surface area (Å²) in [5.41, 5.74) is 1.67. The van der Waals surface area contributed by atoms with Crippen LogP contribution in [-0.4, -0.2) is 24.7 Å². The highest BCUT2D eigenvalue weighted by Gasteiger charge is 2.02. The Morgan fingerprint density at radius 2 is 1.73 bits per heavy atom. The molecule has 2 N–H and O–H groups in total. The lowest BCUT2D eigenvalue weighted by Crippen LogP contribution is -2.32. The molecule has 2 rings (SSSR count). The van der Waals surface area contributed by atoms with Gasteiger partial charge in [0.1, 0.15) is 11.5 Å². The Morgan fingerprint density at radius 3 is 2.35 bits per heavy atom. The zero-order chi connectivity index (χ0) is 18.8. The second-order valence-corrected chi connectivity index (χ2v) is 5.83. The van der Waals surface area contributed by atoms with E-state index >= 15 is 0 Å². The minimum Gasteiger partial charge on any atom is -0.497 e. The number of benzene rings is 2. The molecule has 0 saturated carbocycles. The first-order valence-corrected chi connectivity index (χ1v) is 8.68.